The Morgan fingerprint density at radius 1 is 1.38 bits per heavy atom. The summed E-state index contributed by atoms with van der Waals surface area (Å²) in [7, 11) is 0. The summed E-state index contributed by atoms with van der Waals surface area (Å²) in [4.78, 5) is 4.19. The van der Waals surface area contributed by atoms with E-state index in [9.17, 15) is 8.78 Å². The predicted octanol–water partition coefficient (Wildman–Crippen LogP) is 2.10. The SMILES string of the molecule is CC1(C)COC(c2c(N)cc(F)cc2F)=N1. The number of nitrogens with two attached hydrogens (primary N) is 1. The predicted molar refractivity (Wildman–Crippen MR) is 57.3 cm³/mol. The summed E-state index contributed by atoms with van der Waals surface area (Å²) in [6, 6.07) is 1.82. The maximum Gasteiger partial charge on any atom is 0.221 e. The lowest BCUT2D eigenvalue weighted by atomic mass is 10.1. The number of halogens is 2. The molecule has 0 aliphatic carbocycles. The van der Waals surface area contributed by atoms with Crippen LogP contribution < -0.4 is 5.73 Å². The third kappa shape index (κ3) is 1.85. The first-order valence-corrected chi connectivity index (χ1v) is 4.86. The lowest BCUT2D eigenvalue weighted by Gasteiger charge is -2.07. The Bertz CT molecular complexity index is 446. The van der Waals surface area contributed by atoms with E-state index in [-0.39, 0.29) is 17.1 Å². The van der Waals surface area contributed by atoms with Crippen molar-refractivity contribution in [2.75, 3.05) is 12.3 Å². The molecule has 1 aliphatic heterocycles. The van der Waals surface area contributed by atoms with Crippen molar-refractivity contribution in [2.24, 2.45) is 4.99 Å². The monoisotopic (exact) mass is 226 g/mol. The number of aliphatic imine (C=N–C) groups is 1. The number of nitrogen functional groups attached to an aromatic ring is 1. The molecule has 1 aromatic carbocycles. The van der Waals surface area contributed by atoms with Crippen LogP contribution in [0.15, 0.2) is 17.1 Å². The molecular formula is C11H12F2N2O. The van der Waals surface area contributed by atoms with Crippen LogP contribution in [0.5, 0.6) is 0 Å². The summed E-state index contributed by atoms with van der Waals surface area (Å²) in [5, 5.41) is 0. The number of anilines is 1. The second-order valence-electron chi connectivity index (χ2n) is 4.37. The summed E-state index contributed by atoms with van der Waals surface area (Å²) in [5.74, 6) is -1.33. The molecule has 2 rings (SSSR count). The van der Waals surface area contributed by atoms with Crippen LogP contribution in [0.4, 0.5) is 14.5 Å². The summed E-state index contributed by atoms with van der Waals surface area (Å²) < 4.78 is 31.6. The van der Waals surface area contributed by atoms with E-state index >= 15 is 0 Å². The summed E-state index contributed by atoms with van der Waals surface area (Å²) in [5.41, 5.74) is 5.18. The molecule has 1 heterocycles. The molecule has 0 saturated carbocycles. The Hall–Kier alpha value is -1.65. The molecule has 1 aromatic rings. The highest BCUT2D eigenvalue weighted by atomic mass is 19.1. The summed E-state index contributed by atoms with van der Waals surface area (Å²) in [6.45, 7) is 4.08. The molecule has 0 unspecified atom stereocenters. The molecule has 0 spiro atoms. The van der Waals surface area contributed by atoms with E-state index in [0.29, 0.717) is 6.61 Å². The fourth-order valence-electron chi connectivity index (χ4n) is 1.53. The Balaban J connectivity index is 2.50. The lowest BCUT2D eigenvalue weighted by Crippen LogP contribution is -2.17. The van der Waals surface area contributed by atoms with Gasteiger partial charge in [-0.1, -0.05) is 0 Å². The van der Waals surface area contributed by atoms with E-state index in [1.54, 1.807) is 0 Å². The molecule has 1 aliphatic rings. The maximum absolute atomic E-state index is 13.5. The number of hydrogen-bond donors (Lipinski definition) is 1. The number of ether oxygens (including phenoxy) is 1. The first-order valence-electron chi connectivity index (χ1n) is 4.86. The van der Waals surface area contributed by atoms with E-state index in [2.05, 4.69) is 4.99 Å². The minimum absolute atomic E-state index is 0.00560. The second-order valence-corrected chi connectivity index (χ2v) is 4.37. The topological polar surface area (TPSA) is 47.6 Å². The van der Waals surface area contributed by atoms with Crippen molar-refractivity contribution in [3.8, 4) is 0 Å². The summed E-state index contributed by atoms with van der Waals surface area (Å²) in [6.07, 6.45) is 0. The Morgan fingerprint density at radius 3 is 2.56 bits per heavy atom. The highest BCUT2D eigenvalue weighted by molar-refractivity contribution is 6.00. The zero-order valence-corrected chi connectivity index (χ0v) is 9.05. The van der Waals surface area contributed by atoms with Crippen LogP contribution in [0.1, 0.15) is 19.4 Å². The van der Waals surface area contributed by atoms with E-state index in [4.69, 9.17) is 10.5 Å². The van der Waals surface area contributed by atoms with Gasteiger partial charge in [0.2, 0.25) is 5.90 Å². The van der Waals surface area contributed by atoms with Gasteiger partial charge in [-0.3, -0.25) is 0 Å². The largest absolute Gasteiger partial charge is 0.475 e. The van der Waals surface area contributed by atoms with Gasteiger partial charge in [0.25, 0.3) is 0 Å². The third-order valence-corrected chi connectivity index (χ3v) is 2.27. The molecule has 0 atom stereocenters. The molecule has 0 amide bonds. The molecular weight excluding hydrogens is 214 g/mol. The zero-order chi connectivity index (χ0) is 11.9. The van der Waals surface area contributed by atoms with Gasteiger partial charge in [0.1, 0.15) is 18.2 Å². The minimum atomic E-state index is -0.756. The van der Waals surface area contributed by atoms with Crippen molar-refractivity contribution in [2.45, 2.75) is 19.4 Å². The number of rotatable bonds is 1. The highest BCUT2D eigenvalue weighted by Gasteiger charge is 2.29. The lowest BCUT2D eigenvalue weighted by molar-refractivity contribution is 0.279. The molecule has 2 N–H and O–H groups in total. The van der Waals surface area contributed by atoms with E-state index in [0.717, 1.165) is 12.1 Å². The van der Waals surface area contributed by atoms with E-state index in [1.807, 2.05) is 13.8 Å². The average molecular weight is 226 g/mol. The van der Waals surface area contributed by atoms with Gasteiger partial charge < -0.3 is 10.5 Å². The van der Waals surface area contributed by atoms with Crippen molar-refractivity contribution >= 4 is 11.6 Å². The Kier molecular flexibility index (Phi) is 2.33. The zero-order valence-electron chi connectivity index (χ0n) is 9.05. The standard InChI is InChI=1S/C11H12F2N2O/c1-11(2)5-16-10(15-11)9-7(13)3-6(12)4-8(9)14/h3-4H,5,14H2,1-2H3. The van der Waals surface area contributed by atoms with Crippen molar-refractivity contribution in [1.29, 1.82) is 0 Å². The van der Waals surface area contributed by atoms with Crippen LogP contribution in [-0.4, -0.2) is 18.0 Å². The van der Waals surface area contributed by atoms with Gasteiger partial charge in [0.05, 0.1) is 16.8 Å². The van der Waals surface area contributed by atoms with E-state index in [1.165, 1.54) is 0 Å². The molecule has 3 nitrogen and oxygen atoms in total. The normalized spacial score (nSPS) is 18.1. The number of benzene rings is 1. The molecule has 0 fully saturated rings. The van der Waals surface area contributed by atoms with Gasteiger partial charge in [0, 0.05) is 6.07 Å². The van der Waals surface area contributed by atoms with Gasteiger partial charge >= 0.3 is 0 Å². The van der Waals surface area contributed by atoms with Crippen molar-refractivity contribution in [1.82, 2.24) is 0 Å². The molecule has 86 valence electrons. The van der Waals surface area contributed by atoms with Crippen LogP contribution >= 0.6 is 0 Å². The molecule has 0 aromatic heterocycles. The van der Waals surface area contributed by atoms with Gasteiger partial charge in [0.15, 0.2) is 0 Å². The smallest absolute Gasteiger partial charge is 0.221 e. The first kappa shape index (κ1) is 10.9. The first-order chi connectivity index (χ1) is 7.39. The van der Waals surface area contributed by atoms with Crippen LogP contribution in [0.3, 0.4) is 0 Å². The van der Waals surface area contributed by atoms with Crippen molar-refractivity contribution in [3.63, 3.8) is 0 Å². The van der Waals surface area contributed by atoms with Crippen molar-refractivity contribution in [3.05, 3.63) is 29.3 Å². The van der Waals surface area contributed by atoms with Crippen LogP contribution in [-0.2, 0) is 4.74 Å². The van der Waals surface area contributed by atoms with Gasteiger partial charge in [-0.05, 0) is 19.9 Å². The van der Waals surface area contributed by atoms with Gasteiger partial charge in [-0.25, -0.2) is 13.8 Å². The minimum Gasteiger partial charge on any atom is -0.475 e. The molecule has 0 bridgehead atoms. The molecule has 5 heteroatoms. The van der Waals surface area contributed by atoms with Crippen LogP contribution in [0, 0.1) is 11.6 Å². The van der Waals surface area contributed by atoms with Gasteiger partial charge in [-0.15, -0.1) is 0 Å². The molecule has 16 heavy (non-hydrogen) atoms. The fraction of sp³-hybridized carbons (Fsp3) is 0.364. The highest BCUT2D eigenvalue weighted by Crippen LogP contribution is 2.26. The Labute approximate surface area is 91.9 Å². The fourth-order valence-corrected chi connectivity index (χ4v) is 1.53. The number of nitrogens with zero attached hydrogens (tertiary/aromatic N) is 1. The van der Waals surface area contributed by atoms with Crippen LogP contribution in [0.2, 0.25) is 0 Å². The van der Waals surface area contributed by atoms with E-state index < -0.39 is 17.2 Å². The third-order valence-electron chi connectivity index (χ3n) is 2.27. The quantitative estimate of drug-likeness (QED) is 0.745. The van der Waals surface area contributed by atoms with Crippen LogP contribution in [0.25, 0.3) is 0 Å². The van der Waals surface area contributed by atoms with Gasteiger partial charge in [-0.2, -0.15) is 0 Å². The number of hydrogen-bond acceptors (Lipinski definition) is 3. The molecule has 0 saturated heterocycles. The van der Waals surface area contributed by atoms with Crippen molar-refractivity contribution < 1.29 is 13.5 Å². The summed E-state index contributed by atoms with van der Waals surface area (Å²) >= 11 is 0. The Morgan fingerprint density at radius 2 is 2.06 bits per heavy atom. The average Bonchev–Trinajstić information content (AvgIpc) is 2.44. The molecule has 0 radical (unpaired) electrons. The maximum atomic E-state index is 13.5. The second kappa shape index (κ2) is 3.43.